The fourth-order valence-electron chi connectivity index (χ4n) is 3.64. The highest BCUT2D eigenvalue weighted by molar-refractivity contribution is 5.37. The normalized spacial score (nSPS) is 31.8. The van der Waals surface area contributed by atoms with Gasteiger partial charge in [-0.25, -0.2) is 4.39 Å². The van der Waals surface area contributed by atoms with E-state index in [2.05, 4.69) is 6.92 Å². The summed E-state index contributed by atoms with van der Waals surface area (Å²) in [6.07, 6.45) is 5.18. The van der Waals surface area contributed by atoms with Crippen LogP contribution in [0.1, 0.15) is 38.2 Å². The van der Waals surface area contributed by atoms with Gasteiger partial charge in [-0.3, -0.25) is 0 Å². The maximum atomic E-state index is 13.2. The van der Waals surface area contributed by atoms with Gasteiger partial charge in [0.25, 0.3) is 0 Å². The van der Waals surface area contributed by atoms with Gasteiger partial charge in [-0.1, -0.05) is 19.8 Å². The minimum absolute atomic E-state index is 0.0255. The molecule has 1 aliphatic carbocycles. The maximum Gasteiger partial charge on any atom is 0.126 e. The summed E-state index contributed by atoms with van der Waals surface area (Å²) in [6, 6.07) is 4.69. The summed E-state index contributed by atoms with van der Waals surface area (Å²) < 4.78 is 25.2. The van der Waals surface area contributed by atoms with Crippen LogP contribution in [0.4, 0.5) is 4.39 Å². The summed E-state index contributed by atoms with van der Waals surface area (Å²) in [6.45, 7) is 3.35. The Morgan fingerprint density at radius 1 is 1.48 bits per heavy atom. The van der Waals surface area contributed by atoms with Crippen molar-refractivity contribution < 1.29 is 13.9 Å². The molecular formula is C17H24FNO2. The second-order valence-electron chi connectivity index (χ2n) is 6.60. The van der Waals surface area contributed by atoms with Crippen LogP contribution < -0.4 is 10.5 Å². The fourth-order valence-corrected chi connectivity index (χ4v) is 3.64. The lowest BCUT2D eigenvalue weighted by atomic mass is 9.79. The molecule has 1 fully saturated rings. The van der Waals surface area contributed by atoms with E-state index >= 15 is 0 Å². The number of nitrogens with two attached hydrogens (primary N) is 1. The highest BCUT2D eigenvalue weighted by Gasteiger charge is 2.36. The van der Waals surface area contributed by atoms with Crippen molar-refractivity contribution in [3.05, 3.63) is 29.6 Å². The molecule has 21 heavy (non-hydrogen) atoms. The Labute approximate surface area is 125 Å². The van der Waals surface area contributed by atoms with Crippen LogP contribution in [0.5, 0.6) is 5.75 Å². The van der Waals surface area contributed by atoms with Gasteiger partial charge in [-0.2, -0.15) is 0 Å². The molecule has 1 aromatic rings. The lowest BCUT2D eigenvalue weighted by Crippen LogP contribution is -2.46. The van der Waals surface area contributed by atoms with Crippen molar-refractivity contribution in [2.45, 2.75) is 50.7 Å². The van der Waals surface area contributed by atoms with E-state index in [1.165, 1.54) is 18.9 Å². The fraction of sp³-hybridized carbons (Fsp3) is 0.647. The Morgan fingerprint density at radius 3 is 3.10 bits per heavy atom. The topological polar surface area (TPSA) is 44.5 Å². The van der Waals surface area contributed by atoms with Crippen molar-refractivity contribution in [3.63, 3.8) is 0 Å². The van der Waals surface area contributed by atoms with Crippen LogP contribution >= 0.6 is 0 Å². The van der Waals surface area contributed by atoms with Crippen molar-refractivity contribution >= 4 is 0 Å². The van der Waals surface area contributed by atoms with Gasteiger partial charge in [0, 0.05) is 18.5 Å². The van der Waals surface area contributed by atoms with Crippen molar-refractivity contribution in [2.24, 2.45) is 11.7 Å². The lowest BCUT2D eigenvalue weighted by molar-refractivity contribution is -0.0945. The number of hydrogen-bond acceptors (Lipinski definition) is 3. The molecule has 116 valence electrons. The summed E-state index contributed by atoms with van der Waals surface area (Å²) in [5.74, 6) is 1.24. The monoisotopic (exact) mass is 293 g/mol. The Bertz CT molecular complexity index is 508. The molecule has 0 saturated heterocycles. The molecule has 1 saturated carbocycles. The summed E-state index contributed by atoms with van der Waals surface area (Å²) in [5, 5.41) is 0. The summed E-state index contributed by atoms with van der Waals surface area (Å²) in [4.78, 5) is 0. The van der Waals surface area contributed by atoms with E-state index in [1.807, 2.05) is 0 Å². The predicted octanol–water partition coefficient (Wildman–Crippen LogP) is 3.05. The molecule has 0 aromatic heterocycles. The number of fused-ring (bicyclic) bond motifs is 1. The van der Waals surface area contributed by atoms with Crippen molar-refractivity contribution in [1.29, 1.82) is 0 Å². The molecule has 1 heterocycles. The zero-order valence-electron chi connectivity index (χ0n) is 12.6. The number of hydrogen-bond donors (Lipinski definition) is 1. The molecule has 3 atom stereocenters. The first-order valence-electron chi connectivity index (χ1n) is 7.89. The van der Waals surface area contributed by atoms with E-state index in [0.717, 1.165) is 24.2 Å². The van der Waals surface area contributed by atoms with E-state index in [4.69, 9.17) is 15.2 Å². The summed E-state index contributed by atoms with van der Waals surface area (Å²) in [7, 11) is 0. The van der Waals surface area contributed by atoms with E-state index in [0.29, 0.717) is 25.5 Å². The third kappa shape index (κ3) is 3.22. The average Bonchev–Trinajstić information content (AvgIpc) is 2.87. The van der Waals surface area contributed by atoms with Crippen LogP contribution in [-0.2, 0) is 11.2 Å². The Morgan fingerprint density at radius 2 is 2.33 bits per heavy atom. The number of benzene rings is 1. The molecule has 3 unspecified atom stereocenters. The minimum atomic E-state index is -0.210. The van der Waals surface area contributed by atoms with Gasteiger partial charge >= 0.3 is 0 Å². The van der Waals surface area contributed by atoms with Gasteiger partial charge in [0.15, 0.2) is 0 Å². The van der Waals surface area contributed by atoms with Gasteiger partial charge < -0.3 is 15.2 Å². The van der Waals surface area contributed by atoms with Crippen molar-refractivity contribution in [3.8, 4) is 5.75 Å². The first-order chi connectivity index (χ1) is 10.1. The zero-order valence-corrected chi connectivity index (χ0v) is 12.6. The van der Waals surface area contributed by atoms with E-state index < -0.39 is 0 Å². The first kappa shape index (κ1) is 14.8. The Hall–Kier alpha value is -1.13. The van der Waals surface area contributed by atoms with Crippen molar-refractivity contribution in [2.75, 3.05) is 13.2 Å². The summed E-state index contributed by atoms with van der Waals surface area (Å²) >= 11 is 0. The second kappa shape index (κ2) is 5.93. The predicted molar refractivity (Wildman–Crippen MR) is 79.9 cm³/mol. The van der Waals surface area contributed by atoms with Gasteiger partial charge in [-0.15, -0.1) is 0 Å². The minimum Gasteiger partial charge on any atom is -0.487 e. The van der Waals surface area contributed by atoms with Crippen molar-refractivity contribution in [1.82, 2.24) is 0 Å². The van der Waals surface area contributed by atoms with Crippen LogP contribution in [-0.4, -0.2) is 24.9 Å². The maximum absolute atomic E-state index is 13.2. The van der Waals surface area contributed by atoms with E-state index in [9.17, 15) is 4.39 Å². The molecular weight excluding hydrogens is 269 g/mol. The smallest absolute Gasteiger partial charge is 0.126 e. The Kier molecular flexibility index (Phi) is 4.18. The number of halogens is 1. The second-order valence-corrected chi connectivity index (χ2v) is 6.60. The number of ether oxygens (including phenoxy) is 2. The average molecular weight is 293 g/mol. The molecule has 0 amide bonds. The molecule has 1 aliphatic heterocycles. The molecule has 2 N–H and O–H groups in total. The van der Waals surface area contributed by atoms with Gasteiger partial charge in [0.05, 0.1) is 12.2 Å². The van der Waals surface area contributed by atoms with E-state index in [-0.39, 0.29) is 17.5 Å². The third-order valence-corrected chi connectivity index (χ3v) is 4.76. The summed E-state index contributed by atoms with van der Waals surface area (Å²) in [5.41, 5.74) is 6.71. The lowest BCUT2D eigenvalue weighted by Gasteiger charge is -2.39. The van der Waals surface area contributed by atoms with Crippen LogP contribution in [0.3, 0.4) is 0 Å². The molecule has 3 nitrogen and oxygen atoms in total. The van der Waals surface area contributed by atoms with Crippen LogP contribution in [0, 0.1) is 11.7 Å². The molecule has 0 spiro atoms. The van der Waals surface area contributed by atoms with Crippen LogP contribution in [0.15, 0.2) is 18.2 Å². The molecule has 0 radical (unpaired) electrons. The Balaban J connectivity index is 1.58. The quantitative estimate of drug-likeness (QED) is 0.928. The SMILES string of the molecule is CC1CCCC(CN)(OCC2Cc3cc(F)ccc3O2)C1. The van der Waals surface area contributed by atoms with Gasteiger partial charge in [0.1, 0.15) is 17.7 Å². The highest BCUT2D eigenvalue weighted by Crippen LogP contribution is 2.36. The molecule has 0 bridgehead atoms. The first-order valence-corrected chi connectivity index (χ1v) is 7.89. The molecule has 3 rings (SSSR count). The standard InChI is InChI=1S/C17H24FNO2/c1-12-3-2-6-17(9-12,11-19)20-10-15-8-13-7-14(18)4-5-16(13)21-15/h4-5,7,12,15H,2-3,6,8-11,19H2,1H3. The third-order valence-electron chi connectivity index (χ3n) is 4.76. The highest BCUT2D eigenvalue weighted by atomic mass is 19.1. The van der Waals surface area contributed by atoms with Gasteiger partial charge in [0.2, 0.25) is 0 Å². The van der Waals surface area contributed by atoms with Gasteiger partial charge in [-0.05, 0) is 37.0 Å². The number of rotatable bonds is 4. The van der Waals surface area contributed by atoms with E-state index in [1.54, 1.807) is 12.1 Å². The van der Waals surface area contributed by atoms with Crippen LogP contribution in [0.2, 0.25) is 0 Å². The zero-order chi connectivity index (χ0) is 14.9. The molecule has 4 heteroatoms. The largest absolute Gasteiger partial charge is 0.487 e. The molecule has 1 aromatic carbocycles. The van der Waals surface area contributed by atoms with Crippen LogP contribution in [0.25, 0.3) is 0 Å². The molecule has 2 aliphatic rings.